The molecule has 0 aliphatic heterocycles. The number of rotatable bonds is 10. The van der Waals surface area contributed by atoms with Crippen LogP contribution in [0.1, 0.15) is 32.6 Å². The van der Waals surface area contributed by atoms with Gasteiger partial charge in [-0.15, -0.1) is 0 Å². The fourth-order valence-electron chi connectivity index (χ4n) is 1.76. The summed E-state index contributed by atoms with van der Waals surface area (Å²) in [5.41, 5.74) is 11.1. The van der Waals surface area contributed by atoms with Crippen molar-refractivity contribution in [1.29, 1.82) is 0 Å². The van der Waals surface area contributed by atoms with E-state index in [0.29, 0.717) is 19.4 Å². The third-order valence-corrected chi connectivity index (χ3v) is 3.30. The summed E-state index contributed by atoms with van der Waals surface area (Å²) >= 11 is 0. The molecule has 7 heteroatoms. The standard InChI is InChI=1S/C12H26N4O3/c1-8(5-6-13)10(15)11(17)16-7-3-2-4-9(14)12(18)19/h8-10H,2-7,13-15H2,1H3,(H,16,17)(H,18,19)/p+2/t8-,9+,10-/m1/s1. The first-order valence-corrected chi connectivity index (χ1v) is 6.84. The second-order valence-corrected chi connectivity index (χ2v) is 5.03. The SMILES string of the molecule is C[C@H](CC[NH3+])[C@@H]([NH3+])C(=O)NCCCC[C@H]([NH3+])C(=O)[O-]. The molecule has 0 rings (SSSR count). The molecule has 0 aromatic carbocycles. The van der Waals surface area contributed by atoms with Crippen LogP contribution in [0.25, 0.3) is 0 Å². The molecular formula is C12H28N4O3+2. The highest BCUT2D eigenvalue weighted by Crippen LogP contribution is 2.03. The first-order valence-electron chi connectivity index (χ1n) is 6.84. The average molecular weight is 276 g/mol. The lowest BCUT2D eigenvalue weighted by atomic mass is 9.98. The second-order valence-electron chi connectivity index (χ2n) is 5.03. The predicted octanol–water partition coefficient (Wildman–Crippen LogP) is -4.49. The summed E-state index contributed by atoms with van der Waals surface area (Å²) in [6, 6.07) is -0.932. The highest BCUT2D eigenvalue weighted by molar-refractivity contribution is 5.80. The van der Waals surface area contributed by atoms with Crippen molar-refractivity contribution in [2.45, 2.75) is 44.7 Å². The predicted molar refractivity (Wildman–Crippen MR) is 66.8 cm³/mol. The monoisotopic (exact) mass is 276 g/mol. The van der Waals surface area contributed by atoms with Gasteiger partial charge in [-0.3, -0.25) is 4.79 Å². The number of nitrogens with one attached hydrogen (secondary N) is 1. The maximum Gasteiger partial charge on any atom is 0.278 e. The molecule has 0 fully saturated rings. The lowest BCUT2D eigenvalue weighted by molar-refractivity contribution is -0.438. The van der Waals surface area contributed by atoms with E-state index in [1.165, 1.54) is 0 Å². The number of amides is 1. The molecule has 0 radical (unpaired) electrons. The molecule has 0 unspecified atom stereocenters. The van der Waals surface area contributed by atoms with Crippen LogP contribution in [0.3, 0.4) is 0 Å². The van der Waals surface area contributed by atoms with E-state index in [-0.39, 0.29) is 17.9 Å². The quantitative estimate of drug-likeness (QED) is 0.297. The Labute approximate surface area is 113 Å². The van der Waals surface area contributed by atoms with Crippen LogP contribution >= 0.6 is 0 Å². The summed E-state index contributed by atoms with van der Waals surface area (Å²) in [6.07, 6.45) is 2.81. The normalized spacial score (nSPS) is 15.6. The Balaban J connectivity index is 3.71. The van der Waals surface area contributed by atoms with Crippen LogP contribution in [0.4, 0.5) is 0 Å². The molecule has 0 heterocycles. The van der Waals surface area contributed by atoms with Crippen molar-refractivity contribution < 1.29 is 31.9 Å². The van der Waals surface area contributed by atoms with Crippen LogP contribution in [0.5, 0.6) is 0 Å². The molecule has 0 aromatic heterocycles. The molecule has 0 aromatic rings. The van der Waals surface area contributed by atoms with Crippen LogP contribution in [0.2, 0.25) is 0 Å². The average Bonchev–Trinajstić information content (AvgIpc) is 2.36. The van der Waals surface area contributed by atoms with Gasteiger partial charge in [0.15, 0.2) is 6.04 Å². The number of hydrogen-bond donors (Lipinski definition) is 4. The van der Waals surface area contributed by atoms with Gasteiger partial charge >= 0.3 is 0 Å². The minimum Gasteiger partial charge on any atom is -0.544 e. The lowest BCUT2D eigenvalue weighted by Gasteiger charge is -2.15. The minimum absolute atomic E-state index is 0.0491. The van der Waals surface area contributed by atoms with Crippen LogP contribution in [-0.4, -0.2) is 37.0 Å². The topological polar surface area (TPSA) is 152 Å². The van der Waals surface area contributed by atoms with Crippen LogP contribution in [-0.2, 0) is 9.59 Å². The lowest BCUT2D eigenvalue weighted by Crippen LogP contribution is -2.70. The Bertz CT molecular complexity index is 286. The summed E-state index contributed by atoms with van der Waals surface area (Å²) in [5, 5.41) is 13.3. The third kappa shape index (κ3) is 7.76. The molecule has 7 nitrogen and oxygen atoms in total. The van der Waals surface area contributed by atoms with Gasteiger partial charge in [0, 0.05) is 25.3 Å². The zero-order valence-electron chi connectivity index (χ0n) is 11.8. The Morgan fingerprint density at radius 3 is 2.37 bits per heavy atom. The minimum atomic E-state index is -1.12. The molecule has 10 N–H and O–H groups in total. The number of carbonyl (C=O) groups excluding carboxylic acids is 2. The number of carboxylic acids is 1. The van der Waals surface area contributed by atoms with Crippen molar-refractivity contribution in [3.05, 3.63) is 0 Å². The van der Waals surface area contributed by atoms with E-state index < -0.39 is 12.0 Å². The highest BCUT2D eigenvalue weighted by atomic mass is 16.4. The molecule has 0 aliphatic rings. The van der Waals surface area contributed by atoms with Gasteiger partial charge in [0.2, 0.25) is 0 Å². The van der Waals surface area contributed by atoms with E-state index in [4.69, 9.17) is 0 Å². The van der Waals surface area contributed by atoms with Gasteiger partial charge in [0.05, 0.1) is 12.5 Å². The maximum atomic E-state index is 11.8. The van der Waals surface area contributed by atoms with Gasteiger partial charge in [-0.05, 0) is 12.8 Å². The van der Waals surface area contributed by atoms with Gasteiger partial charge in [-0.2, -0.15) is 0 Å². The molecule has 112 valence electrons. The van der Waals surface area contributed by atoms with Crippen LogP contribution in [0, 0.1) is 5.92 Å². The van der Waals surface area contributed by atoms with Crippen molar-refractivity contribution >= 4 is 11.9 Å². The van der Waals surface area contributed by atoms with Crippen LogP contribution < -0.4 is 27.6 Å². The molecule has 0 spiro atoms. The van der Waals surface area contributed by atoms with Crippen LogP contribution in [0.15, 0.2) is 0 Å². The summed E-state index contributed by atoms with van der Waals surface area (Å²) in [4.78, 5) is 22.2. The first-order chi connectivity index (χ1) is 8.90. The molecule has 19 heavy (non-hydrogen) atoms. The van der Waals surface area contributed by atoms with E-state index in [2.05, 4.69) is 22.5 Å². The maximum absolute atomic E-state index is 11.8. The molecule has 0 aliphatic carbocycles. The summed E-state index contributed by atoms with van der Waals surface area (Å²) < 4.78 is 0. The van der Waals surface area contributed by atoms with Gasteiger partial charge in [-0.25, -0.2) is 0 Å². The van der Waals surface area contributed by atoms with E-state index in [1.807, 2.05) is 6.92 Å². The van der Waals surface area contributed by atoms with Crippen molar-refractivity contribution in [1.82, 2.24) is 5.32 Å². The molecular weight excluding hydrogens is 248 g/mol. The van der Waals surface area contributed by atoms with E-state index in [1.54, 1.807) is 0 Å². The summed E-state index contributed by atoms with van der Waals surface area (Å²) in [5.74, 6) is -0.948. The smallest absolute Gasteiger partial charge is 0.278 e. The molecule has 0 saturated heterocycles. The van der Waals surface area contributed by atoms with Gasteiger partial charge in [0.1, 0.15) is 6.04 Å². The van der Waals surface area contributed by atoms with Crippen molar-refractivity contribution in [2.24, 2.45) is 5.92 Å². The summed E-state index contributed by atoms with van der Waals surface area (Å²) in [6.45, 7) is 3.34. The van der Waals surface area contributed by atoms with Gasteiger partial charge < -0.3 is 32.4 Å². The van der Waals surface area contributed by atoms with Gasteiger partial charge in [0.25, 0.3) is 5.91 Å². The zero-order valence-corrected chi connectivity index (χ0v) is 11.8. The van der Waals surface area contributed by atoms with Crippen molar-refractivity contribution in [3.63, 3.8) is 0 Å². The second kappa shape index (κ2) is 9.71. The first kappa shape index (κ1) is 17.8. The number of carboxylic acid groups (broad SMARTS) is 1. The van der Waals surface area contributed by atoms with Crippen molar-refractivity contribution in [2.75, 3.05) is 13.1 Å². The Morgan fingerprint density at radius 2 is 1.84 bits per heavy atom. The number of quaternary nitrogens is 3. The molecule has 0 saturated carbocycles. The fourth-order valence-corrected chi connectivity index (χ4v) is 1.76. The molecule has 1 amide bonds. The number of hydrogen-bond acceptors (Lipinski definition) is 3. The van der Waals surface area contributed by atoms with E-state index >= 15 is 0 Å². The van der Waals surface area contributed by atoms with E-state index in [0.717, 1.165) is 19.4 Å². The fraction of sp³-hybridized carbons (Fsp3) is 0.833. The Morgan fingerprint density at radius 1 is 1.21 bits per heavy atom. The largest absolute Gasteiger partial charge is 0.544 e. The molecule has 3 atom stereocenters. The number of aliphatic carboxylic acids is 1. The Kier molecular flexibility index (Phi) is 9.11. The number of carbonyl (C=O) groups is 2. The van der Waals surface area contributed by atoms with E-state index in [9.17, 15) is 14.7 Å². The number of unbranched alkanes of at least 4 members (excludes halogenated alkanes) is 1. The molecule has 0 bridgehead atoms. The zero-order chi connectivity index (χ0) is 14.8. The Hall–Kier alpha value is -1.18. The summed E-state index contributed by atoms with van der Waals surface area (Å²) in [7, 11) is 0. The van der Waals surface area contributed by atoms with Gasteiger partial charge in [-0.1, -0.05) is 6.92 Å². The highest BCUT2D eigenvalue weighted by Gasteiger charge is 2.23. The van der Waals surface area contributed by atoms with Crippen molar-refractivity contribution in [3.8, 4) is 0 Å². The third-order valence-electron chi connectivity index (χ3n) is 3.30.